The summed E-state index contributed by atoms with van der Waals surface area (Å²) < 4.78 is 30.5. The zero-order chi connectivity index (χ0) is 19.6. The number of nitrogen functional groups attached to an aromatic ring is 2. The zero-order valence-corrected chi connectivity index (χ0v) is 14.1. The highest BCUT2D eigenvalue weighted by molar-refractivity contribution is 5.73. The fourth-order valence-electron chi connectivity index (χ4n) is 2.46. The minimum atomic E-state index is -2.99. The average molecular weight is 371 g/mol. The minimum Gasteiger partial charge on any atom is -0.415 e. The standard InChI is InChI=1S/C17H15F2N7O/c1-9-4-15(27-17(18)19)25-26(9)14-6-12(3-2-10(14)7-20)24-16-13(22)5-11(21)8-23-16/h2-6,8,17H,21-22H2,1H3,(H,23,24). The third kappa shape index (κ3) is 3.87. The van der Waals surface area contributed by atoms with Gasteiger partial charge in [-0.1, -0.05) is 0 Å². The van der Waals surface area contributed by atoms with E-state index >= 15 is 0 Å². The van der Waals surface area contributed by atoms with Gasteiger partial charge in [0, 0.05) is 17.4 Å². The first-order valence-corrected chi connectivity index (χ1v) is 7.71. The molecule has 0 aliphatic rings. The van der Waals surface area contributed by atoms with Gasteiger partial charge in [-0.3, -0.25) is 0 Å². The van der Waals surface area contributed by atoms with Gasteiger partial charge in [-0.15, -0.1) is 5.10 Å². The molecule has 0 bridgehead atoms. The Kier molecular flexibility index (Phi) is 4.76. The van der Waals surface area contributed by atoms with Crippen LogP contribution in [-0.2, 0) is 0 Å². The first-order chi connectivity index (χ1) is 12.9. The van der Waals surface area contributed by atoms with Crippen molar-refractivity contribution in [2.24, 2.45) is 0 Å². The molecule has 3 rings (SSSR count). The van der Waals surface area contributed by atoms with Crippen LogP contribution in [0, 0.1) is 18.3 Å². The van der Waals surface area contributed by atoms with Gasteiger partial charge in [0.15, 0.2) is 5.82 Å². The third-order valence-corrected chi connectivity index (χ3v) is 3.62. The predicted octanol–water partition coefficient (Wildman–Crippen LogP) is 2.96. The Labute approximate surface area is 153 Å². The number of halogens is 2. The smallest absolute Gasteiger partial charge is 0.388 e. The summed E-state index contributed by atoms with van der Waals surface area (Å²) in [5, 5.41) is 16.4. The normalized spacial score (nSPS) is 10.6. The molecule has 0 radical (unpaired) electrons. The van der Waals surface area contributed by atoms with Crippen LogP contribution >= 0.6 is 0 Å². The molecule has 3 aromatic rings. The molecule has 1 aromatic carbocycles. The molecule has 5 N–H and O–H groups in total. The molecule has 2 heterocycles. The number of benzene rings is 1. The van der Waals surface area contributed by atoms with Crippen LogP contribution < -0.4 is 21.5 Å². The summed E-state index contributed by atoms with van der Waals surface area (Å²) in [5.74, 6) is 0.146. The molecule has 0 unspecified atom stereocenters. The molecule has 0 saturated heterocycles. The number of nitrogens with one attached hydrogen (secondary N) is 1. The molecule has 0 aliphatic carbocycles. The van der Waals surface area contributed by atoms with E-state index in [2.05, 4.69) is 20.1 Å². The molecule has 0 saturated carbocycles. The van der Waals surface area contributed by atoms with Crippen LogP contribution in [0.25, 0.3) is 5.69 Å². The Hall–Kier alpha value is -3.87. The molecule has 0 aliphatic heterocycles. The highest BCUT2D eigenvalue weighted by atomic mass is 19.3. The van der Waals surface area contributed by atoms with Crippen molar-refractivity contribution in [2.75, 3.05) is 16.8 Å². The van der Waals surface area contributed by atoms with Gasteiger partial charge in [-0.2, -0.15) is 14.0 Å². The van der Waals surface area contributed by atoms with Crippen LogP contribution in [0.4, 0.5) is 31.7 Å². The summed E-state index contributed by atoms with van der Waals surface area (Å²) in [7, 11) is 0. The Morgan fingerprint density at radius 3 is 2.70 bits per heavy atom. The number of aromatic nitrogens is 3. The van der Waals surface area contributed by atoms with Gasteiger partial charge in [-0.25, -0.2) is 9.67 Å². The minimum absolute atomic E-state index is 0.241. The van der Waals surface area contributed by atoms with Gasteiger partial charge in [0.05, 0.1) is 28.8 Å². The molecule has 2 aromatic heterocycles. The molecule has 0 fully saturated rings. The lowest BCUT2D eigenvalue weighted by atomic mass is 10.1. The first kappa shape index (κ1) is 17.9. The summed E-state index contributed by atoms with van der Waals surface area (Å²) >= 11 is 0. The summed E-state index contributed by atoms with van der Waals surface area (Å²) in [5.41, 5.74) is 14.1. The van der Waals surface area contributed by atoms with Gasteiger partial charge < -0.3 is 21.5 Å². The topological polar surface area (TPSA) is 128 Å². The summed E-state index contributed by atoms with van der Waals surface area (Å²) in [6.45, 7) is -1.33. The van der Waals surface area contributed by atoms with Gasteiger partial charge in [0.2, 0.25) is 5.88 Å². The molecule has 27 heavy (non-hydrogen) atoms. The summed E-state index contributed by atoms with van der Waals surface area (Å²) in [4.78, 5) is 4.12. The number of nitrogens with zero attached hydrogens (tertiary/aromatic N) is 4. The van der Waals surface area contributed by atoms with Gasteiger partial charge in [0.25, 0.3) is 0 Å². The number of rotatable bonds is 5. The van der Waals surface area contributed by atoms with Crippen LogP contribution in [0.5, 0.6) is 5.88 Å². The lowest BCUT2D eigenvalue weighted by Crippen LogP contribution is -2.06. The van der Waals surface area contributed by atoms with E-state index in [0.717, 1.165) is 0 Å². The SMILES string of the molecule is Cc1cc(OC(F)F)nn1-c1cc(Nc2ncc(N)cc2N)ccc1C#N. The van der Waals surface area contributed by atoms with Crippen LogP contribution in [0.15, 0.2) is 36.5 Å². The van der Waals surface area contributed by atoms with E-state index in [-0.39, 0.29) is 5.88 Å². The van der Waals surface area contributed by atoms with E-state index in [1.54, 1.807) is 31.2 Å². The molecule has 0 amide bonds. The van der Waals surface area contributed by atoms with Crippen molar-refractivity contribution in [1.82, 2.24) is 14.8 Å². The average Bonchev–Trinajstić information content (AvgIpc) is 2.96. The number of pyridine rings is 1. The quantitative estimate of drug-likeness (QED) is 0.629. The van der Waals surface area contributed by atoms with Crippen LogP contribution in [0.3, 0.4) is 0 Å². The largest absolute Gasteiger partial charge is 0.415 e. The summed E-state index contributed by atoms with van der Waals surface area (Å²) in [6.07, 6.45) is 1.45. The second-order valence-corrected chi connectivity index (χ2v) is 5.59. The van der Waals surface area contributed by atoms with Crippen molar-refractivity contribution >= 4 is 22.9 Å². The lowest BCUT2D eigenvalue weighted by molar-refractivity contribution is -0.0530. The van der Waals surface area contributed by atoms with E-state index in [1.165, 1.54) is 16.9 Å². The summed E-state index contributed by atoms with van der Waals surface area (Å²) in [6, 6.07) is 9.82. The molecule has 10 heteroatoms. The molecular weight excluding hydrogens is 356 g/mol. The number of hydrogen-bond acceptors (Lipinski definition) is 7. The fraction of sp³-hybridized carbons (Fsp3) is 0.118. The Morgan fingerprint density at radius 1 is 1.26 bits per heavy atom. The van der Waals surface area contributed by atoms with Crippen LogP contribution in [-0.4, -0.2) is 21.4 Å². The second kappa shape index (κ2) is 7.17. The van der Waals surface area contributed by atoms with Gasteiger partial charge >= 0.3 is 6.61 Å². The maximum atomic E-state index is 12.4. The monoisotopic (exact) mass is 371 g/mol. The number of alkyl halides is 2. The van der Waals surface area contributed by atoms with Crippen molar-refractivity contribution in [3.63, 3.8) is 0 Å². The molecule has 0 spiro atoms. The molecular formula is C17H15F2N7O. The number of ether oxygens (including phenoxy) is 1. The van der Waals surface area contributed by atoms with E-state index in [9.17, 15) is 14.0 Å². The van der Waals surface area contributed by atoms with Gasteiger partial charge in [-0.05, 0) is 31.2 Å². The van der Waals surface area contributed by atoms with Crippen molar-refractivity contribution < 1.29 is 13.5 Å². The predicted molar refractivity (Wildman–Crippen MR) is 96.0 cm³/mol. The number of aryl methyl sites for hydroxylation is 1. The highest BCUT2D eigenvalue weighted by Crippen LogP contribution is 2.27. The van der Waals surface area contributed by atoms with Crippen molar-refractivity contribution in [2.45, 2.75) is 13.5 Å². The van der Waals surface area contributed by atoms with Crippen molar-refractivity contribution in [3.8, 4) is 17.6 Å². The van der Waals surface area contributed by atoms with E-state index < -0.39 is 6.61 Å². The fourth-order valence-corrected chi connectivity index (χ4v) is 2.46. The maximum Gasteiger partial charge on any atom is 0.388 e. The van der Waals surface area contributed by atoms with E-state index in [1.807, 2.05) is 6.07 Å². The molecule has 0 atom stereocenters. The first-order valence-electron chi connectivity index (χ1n) is 7.71. The Morgan fingerprint density at radius 2 is 2.04 bits per heavy atom. The van der Waals surface area contributed by atoms with Gasteiger partial charge in [0.1, 0.15) is 6.07 Å². The Balaban J connectivity index is 1.99. The van der Waals surface area contributed by atoms with Crippen LogP contribution in [0.2, 0.25) is 0 Å². The highest BCUT2D eigenvalue weighted by Gasteiger charge is 2.15. The van der Waals surface area contributed by atoms with Crippen molar-refractivity contribution in [1.29, 1.82) is 5.26 Å². The van der Waals surface area contributed by atoms with Crippen molar-refractivity contribution in [3.05, 3.63) is 47.8 Å². The second-order valence-electron chi connectivity index (χ2n) is 5.59. The zero-order valence-electron chi connectivity index (χ0n) is 14.1. The molecule has 138 valence electrons. The van der Waals surface area contributed by atoms with E-state index in [0.29, 0.717) is 39.8 Å². The van der Waals surface area contributed by atoms with E-state index in [4.69, 9.17) is 11.5 Å². The Bertz CT molecular complexity index is 1030. The number of anilines is 4. The molecule has 8 nitrogen and oxygen atoms in total. The number of hydrogen-bond donors (Lipinski definition) is 3. The third-order valence-electron chi connectivity index (χ3n) is 3.62. The maximum absolute atomic E-state index is 12.4. The van der Waals surface area contributed by atoms with Crippen LogP contribution in [0.1, 0.15) is 11.3 Å². The number of nitriles is 1. The number of nitrogens with two attached hydrogens (primary N) is 2. The lowest BCUT2D eigenvalue weighted by Gasteiger charge is -2.12.